The number of carbonyl (C=O) groups excluding carboxylic acids is 1. The van der Waals surface area contributed by atoms with Gasteiger partial charge in [-0.05, 0) is 13.3 Å². The Kier molecular flexibility index (Phi) is 17.1. The molecule has 0 saturated carbocycles. The van der Waals surface area contributed by atoms with Crippen LogP contribution in [-0.2, 0) is 9.53 Å². The third-order valence-electron chi connectivity index (χ3n) is 2.79. The zero-order valence-corrected chi connectivity index (χ0v) is 11.8. The molecule has 0 fully saturated rings. The molecule has 0 bridgehead atoms. The van der Waals surface area contributed by atoms with E-state index >= 15 is 0 Å². The van der Waals surface area contributed by atoms with Crippen LogP contribution in [0.3, 0.4) is 0 Å². The monoisotopic (exact) mass is 245 g/mol. The first-order valence-electron chi connectivity index (χ1n) is 6.96. The summed E-state index contributed by atoms with van der Waals surface area (Å²) in [5.74, 6) is -0.0366. The summed E-state index contributed by atoms with van der Waals surface area (Å²) in [5.41, 5.74) is 0. The number of unbranched alkanes of at least 4 members (excludes halogenated alkanes) is 8. The van der Waals surface area contributed by atoms with Gasteiger partial charge in [0.15, 0.2) is 0 Å². The number of esters is 1. The van der Waals surface area contributed by atoms with Crippen molar-refractivity contribution in [3.05, 3.63) is 0 Å². The molecule has 0 aliphatic carbocycles. The van der Waals surface area contributed by atoms with Gasteiger partial charge in [-0.25, -0.2) is 0 Å². The summed E-state index contributed by atoms with van der Waals surface area (Å²) in [6.07, 6.45) is 12.2. The van der Waals surface area contributed by atoms with Gasteiger partial charge in [0.05, 0.1) is 6.61 Å². The molecular formula is C14H31NO2. The first kappa shape index (κ1) is 18.8. The molecular weight excluding hydrogens is 214 g/mol. The standard InChI is InChI=1S/C14H28O2.H3N/c1-3-5-6-7-8-9-10-11-12-13-14(15)16-4-2;/h3-13H2,1-2H3;1H3. The van der Waals surface area contributed by atoms with Gasteiger partial charge in [0.1, 0.15) is 0 Å². The second-order valence-corrected chi connectivity index (χ2v) is 4.38. The lowest BCUT2D eigenvalue weighted by Gasteiger charge is -2.02. The second-order valence-electron chi connectivity index (χ2n) is 4.38. The van der Waals surface area contributed by atoms with Crippen LogP contribution in [0.15, 0.2) is 0 Å². The van der Waals surface area contributed by atoms with Crippen LogP contribution in [0.5, 0.6) is 0 Å². The molecule has 0 amide bonds. The first-order valence-corrected chi connectivity index (χ1v) is 6.96. The third kappa shape index (κ3) is 15.4. The maximum absolute atomic E-state index is 11.0. The third-order valence-corrected chi connectivity index (χ3v) is 2.79. The fraction of sp³-hybridized carbons (Fsp3) is 0.929. The van der Waals surface area contributed by atoms with Gasteiger partial charge in [0.2, 0.25) is 0 Å². The van der Waals surface area contributed by atoms with E-state index in [0.29, 0.717) is 13.0 Å². The Hall–Kier alpha value is -0.570. The number of rotatable bonds is 11. The minimum atomic E-state index is -0.0366. The van der Waals surface area contributed by atoms with Crippen molar-refractivity contribution >= 4 is 5.97 Å². The Morgan fingerprint density at radius 1 is 0.824 bits per heavy atom. The highest BCUT2D eigenvalue weighted by atomic mass is 16.5. The van der Waals surface area contributed by atoms with Crippen molar-refractivity contribution in [1.82, 2.24) is 6.15 Å². The van der Waals surface area contributed by atoms with Crippen molar-refractivity contribution in [1.29, 1.82) is 0 Å². The number of carbonyl (C=O) groups is 1. The van der Waals surface area contributed by atoms with E-state index in [-0.39, 0.29) is 12.1 Å². The van der Waals surface area contributed by atoms with Crippen molar-refractivity contribution < 1.29 is 9.53 Å². The van der Waals surface area contributed by atoms with Crippen LogP contribution in [0.1, 0.15) is 78.1 Å². The van der Waals surface area contributed by atoms with Crippen molar-refractivity contribution in [3.63, 3.8) is 0 Å². The van der Waals surface area contributed by atoms with Crippen LogP contribution in [0.2, 0.25) is 0 Å². The van der Waals surface area contributed by atoms with Gasteiger partial charge in [-0.2, -0.15) is 0 Å². The maximum atomic E-state index is 11.0. The van der Waals surface area contributed by atoms with Crippen LogP contribution in [0.4, 0.5) is 0 Å². The summed E-state index contributed by atoms with van der Waals surface area (Å²) in [5, 5.41) is 0. The molecule has 0 heterocycles. The van der Waals surface area contributed by atoms with Crippen LogP contribution in [0, 0.1) is 0 Å². The van der Waals surface area contributed by atoms with Gasteiger partial charge in [-0.1, -0.05) is 58.3 Å². The Morgan fingerprint density at radius 3 is 1.76 bits per heavy atom. The fourth-order valence-corrected chi connectivity index (χ4v) is 1.81. The largest absolute Gasteiger partial charge is 0.466 e. The van der Waals surface area contributed by atoms with Gasteiger partial charge in [-0.3, -0.25) is 4.79 Å². The molecule has 0 spiro atoms. The van der Waals surface area contributed by atoms with Gasteiger partial charge < -0.3 is 10.9 Å². The molecule has 0 rings (SSSR count). The lowest BCUT2D eigenvalue weighted by molar-refractivity contribution is -0.143. The summed E-state index contributed by atoms with van der Waals surface area (Å²) < 4.78 is 4.87. The van der Waals surface area contributed by atoms with Crippen molar-refractivity contribution in [2.45, 2.75) is 78.1 Å². The summed E-state index contributed by atoms with van der Waals surface area (Å²) in [4.78, 5) is 11.0. The highest BCUT2D eigenvalue weighted by Crippen LogP contribution is 2.10. The molecule has 3 N–H and O–H groups in total. The molecule has 0 aliphatic rings. The molecule has 0 saturated heterocycles. The molecule has 3 nitrogen and oxygen atoms in total. The molecule has 0 aliphatic heterocycles. The molecule has 0 unspecified atom stereocenters. The summed E-state index contributed by atoms with van der Waals surface area (Å²) >= 11 is 0. The van der Waals surface area contributed by atoms with Crippen molar-refractivity contribution in [3.8, 4) is 0 Å². The number of hydrogen-bond acceptors (Lipinski definition) is 3. The molecule has 0 atom stereocenters. The van der Waals surface area contributed by atoms with E-state index in [1.54, 1.807) is 0 Å². The van der Waals surface area contributed by atoms with E-state index in [1.165, 1.54) is 51.4 Å². The van der Waals surface area contributed by atoms with Crippen molar-refractivity contribution in [2.24, 2.45) is 0 Å². The average Bonchev–Trinajstić information content (AvgIpc) is 2.27. The Morgan fingerprint density at radius 2 is 1.29 bits per heavy atom. The van der Waals surface area contributed by atoms with E-state index in [9.17, 15) is 4.79 Å². The predicted octanol–water partition coefficient (Wildman–Crippen LogP) is 4.63. The van der Waals surface area contributed by atoms with Crippen LogP contribution in [0.25, 0.3) is 0 Å². The lowest BCUT2D eigenvalue weighted by Crippen LogP contribution is -2.03. The molecule has 0 aromatic heterocycles. The number of ether oxygens (including phenoxy) is 1. The smallest absolute Gasteiger partial charge is 0.305 e. The molecule has 0 radical (unpaired) electrons. The Labute approximate surface area is 107 Å². The summed E-state index contributed by atoms with van der Waals surface area (Å²) in [6, 6.07) is 0. The minimum Gasteiger partial charge on any atom is -0.466 e. The van der Waals surface area contributed by atoms with Gasteiger partial charge in [-0.15, -0.1) is 0 Å². The molecule has 17 heavy (non-hydrogen) atoms. The highest BCUT2D eigenvalue weighted by molar-refractivity contribution is 5.69. The SMILES string of the molecule is CCCCCCCCCCCC(=O)OCC.N. The zero-order chi connectivity index (χ0) is 12.1. The minimum absolute atomic E-state index is 0. The molecule has 0 aromatic rings. The predicted molar refractivity (Wildman–Crippen MR) is 73.5 cm³/mol. The molecule has 104 valence electrons. The average molecular weight is 245 g/mol. The van der Waals surface area contributed by atoms with E-state index < -0.39 is 0 Å². The molecule has 3 heteroatoms. The summed E-state index contributed by atoms with van der Waals surface area (Å²) in [6.45, 7) is 4.61. The van der Waals surface area contributed by atoms with Crippen LogP contribution >= 0.6 is 0 Å². The Bertz CT molecular complexity index is 160. The normalized spacial score (nSPS) is 9.76. The van der Waals surface area contributed by atoms with Gasteiger partial charge in [0.25, 0.3) is 0 Å². The first-order chi connectivity index (χ1) is 7.81. The van der Waals surface area contributed by atoms with Crippen LogP contribution in [-0.4, -0.2) is 12.6 Å². The number of hydrogen-bond donors (Lipinski definition) is 1. The Balaban J connectivity index is 0. The lowest BCUT2D eigenvalue weighted by atomic mass is 10.1. The van der Waals surface area contributed by atoms with E-state index in [1.807, 2.05) is 6.92 Å². The maximum Gasteiger partial charge on any atom is 0.305 e. The fourth-order valence-electron chi connectivity index (χ4n) is 1.81. The van der Waals surface area contributed by atoms with E-state index in [0.717, 1.165) is 6.42 Å². The zero-order valence-electron chi connectivity index (χ0n) is 11.8. The topological polar surface area (TPSA) is 61.3 Å². The second kappa shape index (κ2) is 15.4. The van der Waals surface area contributed by atoms with Crippen molar-refractivity contribution in [2.75, 3.05) is 6.61 Å². The van der Waals surface area contributed by atoms with E-state index in [4.69, 9.17) is 4.74 Å². The van der Waals surface area contributed by atoms with Gasteiger partial charge in [0, 0.05) is 6.42 Å². The summed E-state index contributed by atoms with van der Waals surface area (Å²) in [7, 11) is 0. The van der Waals surface area contributed by atoms with Gasteiger partial charge >= 0.3 is 5.97 Å². The molecule has 0 aromatic carbocycles. The van der Waals surface area contributed by atoms with Crippen LogP contribution < -0.4 is 6.15 Å². The highest BCUT2D eigenvalue weighted by Gasteiger charge is 2.00. The van der Waals surface area contributed by atoms with E-state index in [2.05, 4.69) is 6.92 Å². The quantitative estimate of drug-likeness (QED) is 0.426.